The molecule has 0 saturated heterocycles. The fourth-order valence-electron chi connectivity index (χ4n) is 3.55. The Morgan fingerprint density at radius 2 is 2.00 bits per heavy atom. The van der Waals surface area contributed by atoms with Gasteiger partial charge in [-0.3, -0.25) is 4.79 Å². The summed E-state index contributed by atoms with van der Waals surface area (Å²) in [5, 5.41) is 16.0. The molecule has 1 aromatic carbocycles. The summed E-state index contributed by atoms with van der Waals surface area (Å²) in [7, 11) is 0. The van der Waals surface area contributed by atoms with Crippen LogP contribution in [0.25, 0.3) is 0 Å². The van der Waals surface area contributed by atoms with E-state index in [1.807, 2.05) is 12.1 Å². The van der Waals surface area contributed by atoms with Gasteiger partial charge in [0.2, 0.25) is 5.91 Å². The van der Waals surface area contributed by atoms with E-state index in [0.717, 1.165) is 38.6 Å². The number of carbonyl (C=O) groups excluding carboxylic acids is 1. The van der Waals surface area contributed by atoms with E-state index in [9.17, 15) is 9.90 Å². The SMILES string of the molecule is O=C(NCC1(CO)CCCC1)[C@H]1Cc2ccccc2CN1. The van der Waals surface area contributed by atoms with E-state index in [1.54, 1.807) is 0 Å². The molecule has 0 bridgehead atoms. The number of fused-ring (bicyclic) bond motifs is 1. The van der Waals surface area contributed by atoms with E-state index in [2.05, 4.69) is 22.8 Å². The number of benzene rings is 1. The van der Waals surface area contributed by atoms with Crippen molar-refractivity contribution in [2.24, 2.45) is 5.41 Å². The first-order chi connectivity index (χ1) is 10.2. The van der Waals surface area contributed by atoms with Crippen LogP contribution in [0.5, 0.6) is 0 Å². The van der Waals surface area contributed by atoms with E-state index < -0.39 is 0 Å². The smallest absolute Gasteiger partial charge is 0.237 e. The zero-order chi connectivity index (χ0) is 14.7. The molecule has 4 nitrogen and oxygen atoms in total. The van der Waals surface area contributed by atoms with E-state index in [1.165, 1.54) is 11.1 Å². The molecule has 21 heavy (non-hydrogen) atoms. The summed E-state index contributed by atoms with van der Waals surface area (Å²) in [4.78, 5) is 12.4. The van der Waals surface area contributed by atoms with Gasteiger partial charge < -0.3 is 15.7 Å². The maximum Gasteiger partial charge on any atom is 0.237 e. The van der Waals surface area contributed by atoms with Gasteiger partial charge in [0.1, 0.15) is 0 Å². The highest BCUT2D eigenvalue weighted by Gasteiger charge is 2.34. The fraction of sp³-hybridized carbons (Fsp3) is 0.588. The van der Waals surface area contributed by atoms with Crippen molar-refractivity contribution >= 4 is 5.91 Å². The van der Waals surface area contributed by atoms with Gasteiger partial charge in [-0.05, 0) is 30.4 Å². The third kappa shape index (κ3) is 3.11. The Labute approximate surface area is 125 Å². The predicted octanol–water partition coefficient (Wildman–Crippen LogP) is 1.37. The lowest BCUT2D eigenvalue weighted by atomic mass is 9.87. The van der Waals surface area contributed by atoms with Gasteiger partial charge in [0.25, 0.3) is 0 Å². The molecule has 4 heteroatoms. The second-order valence-electron chi connectivity index (χ2n) is 6.49. The Hall–Kier alpha value is -1.39. The number of carbonyl (C=O) groups is 1. The van der Waals surface area contributed by atoms with E-state index in [-0.39, 0.29) is 24.0 Å². The van der Waals surface area contributed by atoms with Crippen molar-refractivity contribution in [3.05, 3.63) is 35.4 Å². The lowest BCUT2D eigenvalue weighted by molar-refractivity contribution is -0.124. The molecule has 1 heterocycles. The minimum Gasteiger partial charge on any atom is -0.396 e. The van der Waals surface area contributed by atoms with E-state index in [0.29, 0.717) is 6.54 Å². The van der Waals surface area contributed by atoms with Crippen molar-refractivity contribution in [3.63, 3.8) is 0 Å². The van der Waals surface area contributed by atoms with Crippen LogP contribution < -0.4 is 10.6 Å². The normalized spacial score (nSPS) is 23.6. The van der Waals surface area contributed by atoms with Gasteiger partial charge in [0, 0.05) is 18.5 Å². The lowest BCUT2D eigenvalue weighted by Gasteiger charge is -2.29. The van der Waals surface area contributed by atoms with Gasteiger partial charge in [0.15, 0.2) is 0 Å². The van der Waals surface area contributed by atoms with Crippen LogP contribution in [-0.4, -0.2) is 30.2 Å². The van der Waals surface area contributed by atoms with Gasteiger partial charge in [-0.1, -0.05) is 37.1 Å². The van der Waals surface area contributed by atoms with Gasteiger partial charge in [-0.25, -0.2) is 0 Å². The second-order valence-corrected chi connectivity index (χ2v) is 6.49. The number of aliphatic hydroxyl groups is 1. The van der Waals surface area contributed by atoms with Crippen molar-refractivity contribution in [1.82, 2.24) is 10.6 Å². The summed E-state index contributed by atoms with van der Waals surface area (Å²) in [6.45, 7) is 1.52. The van der Waals surface area contributed by atoms with Crippen LogP contribution in [-0.2, 0) is 17.8 Å². The topological polar surface area (TPSA) is 61.4 Å². The Morgan fingerprint density at radius 3 is 2.71 bits per heavy atom. The molecule has 2 aliphatic rings. The Morgan fingerprint density at radius 1 is 1.29 bits per heavy atom. The molecule has 0 unspecified atom stereocenters. The van der Waals surface area contributed by atoms with Crippen LogP contribution in [0.2, 0.25) is 0 Å². The molecule has 1 atom stereocenters. The molecular weight excluding hydrogens is 264 g/mol. The maximum atomic E-state index is 12.4. The molecule has 1 aliphatic carbocycles. The minimum atomic E-state index is -0.156. The standard InChI is InChI=1S/C17H24N2O2/c20-12-17(7-3-4-8-17)11-19-16(21)15-9-13-5-1-2-6-14(13)10-18-15/h1-2,5-6,15,18,20H,3-4,7-12H2,(H,19,21)/t15-/m1/s1. The van der Waals surface area contributed by atoms with Crippen molar-refractivity contribution in [2.45, 2.75) is 44.7 Å². The van der Waals surface area contributed by atoms with Crippen LogP contribution >= 0.6 is 0 Å². The first-order valence-corrected chi connectivity index (χ1v) is 7.91. The van der Waals surface area contributed by atoms with Gasteiger partial charge in [0.05, 0.1) is 12.6 Å². The maximum absolute atomic E-state index is 12.4. The number of hydrogen-bond acceptors (Lipinski definition) is 3. The van der Waals surface area contributed by atoms with Gasteiger partial charge >= 0.3 is 0 Å². The highest BCUT2D eigenvalue weighted by molar-refractivity contribution is 5.82. The summed E-state index contributed by atoms with van der Waals surface area (Å²) >= 11 is 0. The summed E-state index contributed by atoms with van der Waals surface area (Å²) in [5.74, 6) is 0.0595. The molecule has 0 spiro atoms. The number of hydrogen-bond donors (Lipinski definition) is 3. The first-order valence-electron chi connectivity index (χ1n) is 7.91. The number of amides is 1. The third-order valence-corrected chi connectivity index (χ3v) is 5.04. The molecule has 1 fully saturated rings. The summed E-state index contributed by atoms with van der Waals surface area (Å²) in [5.41, 5.74) is 2.46. The average Bonchev–Trinajstić information content (AvgIpc) is 3.01. The van der Waals surface area contributed by atoms with Crippen LogP contribution in [0.4, 0.5) is 0 Å². The largest absolute Gasteiger partial charge is 0.396 e. The predicted molar refractivity (Wildman–Crippen MR) is 81.8 cm³/mol. The Kier molecular flexibility index (Phi) is 4.27. The van der Waals surface area contributed by atoms with E-state index in [4.69, 9.17) is 0 Å². The first kappa shape index (κ1) is 14.5. The fourth-order valence-corrected chi connectivity index (χ4v) is 3.55. The molecule has 1 saturated carbocycles. The molecule has 0 radical (unpaired) electrons. The zero-order valence-corrected chi connectivity index (χ0v) is 12.4. The summed E-state index contributed by atoms with van der Waals surface area (Å²) < 4.78 is 0. The molecule has 0 aromatic heterocycles. The van der Waals surface area contributed by atoms with Crippen LogP contribution in [0.1, 0.15) is 36.8 Å². The van der Waals surface area contributed by atoms with Crippen LogP contribution in [0.15, 0.2) is 24.3 Å². The summed E-state index contributed by atoms with van der Waals surface area (Å²) in [6.07, 6.45) is 5.10. The van der Waals surface area contributed by atoms with Crippen LogP contribution in [0.3, 0.4) is 0 Å². The third-order valence-electron chi connectivity index (χ3n) is 5.04. The van der Waals surface area contributed by atoms with Crippen molar-refractivity contribution in [3.8, 4) is 0 Å². The van der Waals surface area contributed by atoms with Crippen molar-refractivity contribution in [1.29, 1.82) is 0 Å². The number of aliphatic hydroxyl groups excluding tert-OH is 1. The molecule has 1 aromatic rings. The van der Waals surface area contributed by atoms with Crippen molar-refractivity contribution < 1.29 is 9.90 Å². The second kappa shape index (κ2) is 6.16. The van der Waals surface area contributed by atoms with E-state index >= 15 is 0 Å². The number of nitrogens with one attached hydrogen (secondary N) is 2. The van der Waals surface area contributed by atoms with Gasteiger partial charge in [-0.15, -0.1) is 0 Å². The van der Waals surface area contributed by atoms with Crippen LogP contribution in [0, 0.1) is 5.41 Å². The summed E-state index contributed by atoms with van der Waals surface area (Å²) in [6, 6.07) is 8.11. The molecular formula is C17H24N2O2. The molecule has 114 valence electrons. The molecule has 3 rings (SSSR count). The highest BCUT2D eigenvalue weighted by Crippen LogP contribution is 2.36. The number of rotatable bonds is 4. The molecule has 1 aliphatic heterocycles. The Balaban J connectivity index is 1.57. The van der Waals surface area contributed by atoms with Crippen molar-refractivity contribution in [2.75, 3.05) is 13.2 Å². The quantitative estimate of drug-likeness (QED) is 0.784. The lowest BCUT2D eigenvalue weighted by Crippen LogP contribution is -2.50. The highest BCUT2D eigenvalue weighted by atomic mass is 16.3. The van der Waals surface area contributed by atoms with Gasteiger partial charge in [-0.2, -0.15) is 0 Å². The Bertz CT molecular complexity index is 509. The average molecular weight is 288 g/mol. The molecule has 1 amide bonds. The zero-order valence-electron chi connectivity index (χ0n) is 12.4. The molecule has 3 N–H and O–H groups in total. The monoisotopic (exact) mass is 288 g/mol. The minimum absolute atomic E-state index is 0.0595.